The third-order valence-electron chi connectivity index (χ3n) is 2.33. The Balaban J connectivity index is 2.19. The van der Waals surface area contributed by atoms with E-state index in [2.05, 4.69) is 6.07 Å². The first-order valence-electron chi connectivity index (χ1n) is 4.20. The fraction of sp³-hybridized carbons (Fsp3) is 0.556. The average Bonchev–Trinajstić information content (AvgIpc) is 2.82. The van der Waals surface area contributed by atoms with Gasteiger partial charge in [-0.05, 0) is 30.2 Å². The highest BCUT2D eigenvalue weighted by atomic mass is 32.1. The SMILES string of the molecule is COc1sccc1[C@H](N)C1CC1. The Kier molecular flexibility index (Phi) is 2.07. The van der Waals surface area contributed by atoms with E-state index >= 15 is 0 Å². The van der Waals surface area contributed by atoms with Gasteiger partial charge in [-0.15, -0.1) is 11.3 Å². The molecule has 2 nitrogen and oxygen atoms in total. The summed E-state index contributed by atoms with van der Waals surface area (Å²) in [5.41, 5.74) is 7.23. The van der Waals surface area contributed by atoms with Crippen molar-refractivity contribution in [2.75, 3.05) is 7.11 Å². The Morgan fingerprint density at radius 1 is 1.67 bits per heavy atom. The van der Waals surface area contributed by atoms with Crippen molar-refractivity contribution in [3.05, 3.63) is 17.0 Å². The molecule has 1 fully saturated rings. The van der Waals surface area contributed by atoms with Crippen LogP contribution in [0.2, 0.25) is 0 Å². The van der Waals surface area contributed by atoms with Crippen LogP contribution in [0.25, 0.3) is 0 Å². The van der Waals surface area contributed by atoms with E-state index in [0.29, 0.717) is 5.92 Å². The Bertz CT molecular complexity index is 267. The molecule has 0 unspecified atom stereocenters. The Morgan fingerprint density at radius 2 is 2.42 bits per heavy atom. The fourth-order valence-electron chi connectivity index (χ4n) is 1.43. The van der Waals surface area contributed by atoms with E-state index in [4.69, 9.17) is 10.5 Å². The molecule has 0 amide bonds. The van der Waals surface area contributed by atoms with Crippen LogP contribution in [0, 0.1) is 5.92 Å². The zero-order valence-corrected chi connectivity index (χ0v) is 7.93. The molecule has 1 aliphatic rings. The number of ether oxygens (including phenoxy) is 1. The second-order valence-corrected chi connectivity index (χ2v) is 4.11. The van der Waals surface area contributed by atoms with Crippen LogP contribution in [0.4, 0.5) is 0 Å². The molecule has 0 aromatic carbocycles. The van der Waals surface area contributed by atoms with E-state index < -0.39 is 0 Å². The number of hydrogen-bond donors (Lipinski definition) is 1. The molecule has 12 heavy (non-hydrogen) atoms. The molecule has 0 aliphatic heterocycles. The quantitative estimate of drug-likeness (QED) is 0.779. The predicted molar refractivity (Wildman–Crippen MR) is 50.5 cm³/mol. The summed E-state index contributed by atoms with van der Waals surface area (Å²) in [6, 6.07) is 2.28. The molecule has 1 saturated carbocycles. The highest BCUT2D eigenvalue weighted by molar-refractivity contribution is 7.12. The number of methoxy groups -OCH3 is 1. The van der Waals surface area contributed by atoms with Gasteiger partial charge in [0, 0.05) is 11.6 Å². The van der Waals surface area contributed by atoms with Crippen molar-refractivity contribution in [3.8, 4) is 5.06 Å². The molecule has 1 aromatic rings. The molecule has 1 aromatic heterocycles. The minimum absolute atomic E-state index is 0.200. The summed E-state index contributed by atoms with van der Waals surface area (Å²) in [7, 11) is 1.70. The first-order chi connectivity index (χ1) is 5.83. The summed E-state index contributed by atoms with van der Waals surface area (Å²) in [6.07, 6.45) is 2.56. The van der Waals surface area contributed by atoms with Gasteiger partial charge in [-0.1, -0.05) is 0 Å². The third kappa shape index (κ3) is 1.34. The van der Waals surface area contributed by atoms with Gasteiger partial charge in [0.15, 0.2) is 5.06 Å². The molecule has 3 heteroatoms. The van der Waals surface area contributed by atoms with Gasteiger partial charge in [0.2, 0.25) is 0 Å². The Hall–Kier alpha value is -0.540. The van der Waals surface area contributed by atoms with E-state index in [1.54, 1.807) is 18.4 Å². The van der Waals surface area contributed by atoms with Crippen LogP contribution in [0.3, 0.4) is 0 Å². The molecular formula is C9H13NOS. The normalized spacial score (nSPS) is 19.2. The van der Waals surface area contributed by atoms with Crippen LogP contribution in [0.1, 0.15) is 24.4 Å². The summed E-state index contributed by atoms with van der Waals surface area (Å²) in [5, 5.41) is 3.02. The van der Waals surface area contributed by atoms with Crippen molar-refractivity contribution in [2.24, 2.45) is 11.7 Å². The summed E-state index contributed by atoms with van der Waals surface area (Å²) < 4.78 is 5.22. The maximum atomic E-state index is 6.05. The maximum Gasteiger partial charge on any atom is 0.178 e. The summed E-state index contributed by atoms with van der Waals surface area (Å²) in [6.45, 7) is 0. The molecule has 0 spiro atoms. The van der Waals surface area contributed by atoms with E-state index in [-0.39, 0.29) is 6.04 Å². The van der Waals surface area contributed by atoms with Crippen molar-refractivity contribution in [1.29, 1.82) is 0 Å². The van der Waals surface area contributed by atoms with E-state index in [1.807, 2.05) is 5.38 Å². The van der Waals surface area contributed by atoms with Crippen LogP contribution >= 0.6 is 11.3 Å². The topological polar surface area (TPSA) is 35.2 Å². The van der Waals surface area contributed by atoms with Crippen molar-refractivity contribution < 1.29 is 4.74 Å². The summed E-state index contributed by atoms with van der Waals surface area (Å²) >= 11 is 1.62. The third-order valence-corrected chi connectivity index (χ3v) is 3.22. The first kappa shape index (κ1) is 8.08. The smallest absolute Gasteiger partial charge is 0.178 e. The molecule has 66 valence electrons. The van der Waals surface area contributed by atoms with Crippen LogP contribution in [0.5, 0.6) is 5.06 Å². The van der Waals surface area contributed by atoms with Gasteiger partial charge in [-0.3, -0.25) is 0 Å². The Labute approximate surface area is 76.3 Å². The summed E-state index contributed by atoms with van der Waals surface area (Å²) in [4.78, 5) is 0. The Morgan fingerprint density at radius 3 is 3.00 bits per heavy atom. The molecular weight excluding hydrogens is 170 g/mol. The van der Waals surface area contributed by atoms with Crippen molar-refractivity contribution in [3.63, 3.8) is 0 Å². The number of thiophene rings is 1. The summed E-state index contributed by atoms with van der Waals surface area (Å²) in [5.74, 6) is 0.702. The zero-order valence-electron chi connectivity index (χ0n) is 7.12. The molecule has 1 atom stereocenters. The zero-order chi connectivity index (χ0) is 8.55. The number of rotatable bonds is 3. The van der Waals surface area contributed by atoms with Gasteiger partial charge < -0.3 is 10.5 Å². The van der Waals surface area contributed by atoms with Crippen LogP contribution in [-0.2, 0) is 0 Å². The number of hydrogen-bond acceptors (Lipinski definition) is 3. The minimum Gasteiger partial charge on any atom is -0.487 e. The van der Waals surface area contributed by atoms with E-state index in [0.717, 1.165) is 5.06 Å². The highest BCUT2D eigenvalue weighted by Crippen LogP contribution is 2.43. The van der Waals surface area contributed by atoms with Gasteiger partial charge >= 0.3 is 0 Å². The second-order valence-electron chi connectivity index (χ2n) is 3.23. The lowest BCUT2D eigenvalue weighted by Gasteiger charge is -2.09. The van der Waals surface area contributed by atoms with Gasteiger partial charge in [0.05, 0.1) is 7.11 Å². The minimum atomic E-state index is 0.200. The molecule has 2 N–H and O–H groups in total. The van der Waals surface area contributed by atoms with Gasteiger partial charge in [-0.25, -0.2) is 0 Å². The number of nitrogens with two attached hydrogens (primary N) is 1. The monoisotopic (exact) mass is 183 g/mol. The molecule has 1 aliphatic carbocycles. The van der Waals surface area contributed by atoms with Crippen molar-refractivity contribution in [2.45, 2.75) is 18.9 Å². The van der Waals surface area contributed by atoms with Crippen LogP contribution in [0.15, 0.2) is 11.4 Å². The standard InChI is InChI=1S/C9H13NOS/c1-11-9-7(4-5-12-9)8(10)6-2-3-6/h4-6,8H,2-3,10H2,1H3/t8-/m1/s1. The second kappa shape index (κ2) is 3.07. The van der Waals surface area contributed by atoms with Crippen LogP contribution in [-0.4, -0.2) is 7.11 Å². The average molecular weight is 183 g/mol. The van der Waals surface area contributed by atoms with Gasteiger partial charge in [0.1, 0.15) is 0 Å². The van der Waals surface area contributed by atoms with Crippen molar-refractivity contribution in [1.82, 2.24) is 0 Å². The maximum absolute atomic E-state index is 6.05. The first-order valence-corrected chi connectivity index (χ1v) is 5.08. The molecule has 0 saturated heterocycles. The molecule has 2 rings (SSSR count). The molecule has 0 bridgehead atoms. The van der Waals surface area contributed by atoms with Gasteiger partial charge in [0.25, 0.3) is 0 Å². The van der Waals surface area contributed by atoms with Crippen LogP contribution < -0.4 is 10.5 Å². The molecule has 1 heterocycles. The molecule has 0 radical (unpaired) electrons. The predicted octanol–water partition coefficient (Wildman–Crippen LogP) is 2.17. The lowest BCUT2D eigenvalue weighted by atomic mass is 10.1. The fourth-order valence-corrected chi connectivity index (χ4v) is 2.20. The lowest BCUT2D eigenvalue weighted by molar-refractivity contribution is 0.416. The van der Waals surface area contributed by atoms with E-state index in [9.17, 15) is 0 Å². The van der Waals surface area contributed by atoms with Crippen molar-refractivity contribution >= 4 is 11.3 Å². The lowest BCUT2D eigenvalue weighted by Crippen LogP contribution is -2.12. The highest BCUT2D eigenvalue weighted by Gasteiger charge is 2.31. The van der Waals surface area contributed by atoms with Gasteiger partial charge in [-0.2, -0.15) is 0 Å². The van der Waals surface area contributed by atoms with E-state index in [1.165, 1.54) is 18.4 Å². The largest absolute Gasteiger partial charge is 0.487 e.